The number of nitrogens with zero attached hydrogens (tertiary/aromatic N) is 1. The molecule has 0 aliphatic carbocycles. The number of methoxy groups -OCH3 is 1. The molecule has 3 nitrogen and oxygen atoms in total. The first-order valence-electron chi connectivity index (χ1n) is 6.02. The number of ether oxygens (including phenoxy) is 1. The predicted molar refractivity (Wildman–Crippen MR) is 73.9 cm³/mol. The lowest BCUT2D eigenvalue weighted by atomic mass is 10.2. The minimum absolute atomic E-state index is 0.613. The van der Waals surface area contributed by atoms with Crippen molar-refractivity contribution in [3.05, 3.63) is 60.9 Å². The second-order valence-corrected chi connectivity index (χ2v) is 4.13. The fourth-order valence-electron chi connectivity index (χ4n) is 1.88. The number of hydrogen-bond acceptors (Lipinski definition) is 3. The van der Waals surface area contributed by atoms with E-state index in [4.69, 9.17) is 9.15 Å². The van der Waals surface area contributed by atoms with E-state index >= 15 is 0 Å². The zero-order chi connectivity index (χ0) is 13.1. The molecular formula is C16H13NO2. The minimum Gasteiger partial charge on any atom is -0.497 e. The topological polar surface area (TPSA) is 35.3 Å². The summed E-state index contributed by atoms with van der Waals surface area (Å²) in [7, 11) is 1.65. The largest absolute Gasteiger partial charge is 0.497 e. The zero-order valence-electron chi connectivity index (χ0n) is 10.5. The molecule has 0 saturated heterocycles. The van der Waals surface area contributed by atoms with Gasteiger partial charge in [-0.1, -0.05) is 30.3 Å². The minimum atomic E-state index is 0.613. The van der Waals surface area contributed by atoms with E-state index in [0.29, 0.717) is 5.89 Å². The molecule has 0 amide bonds. The molecule has 1 aromatic heterocycles. The van der Waals surface area contributed by atoms with Gasteiger partial charge in [0.15, 0.2) is 0 Å². The Kier molecular flexibility index (Phi) is 3.02. The molecular weight excluding hydrogens is 238 g/mol. The third-order valence-electron chi connectivity index (χ3n) is 2.91. The van der Waals surface area contributed by atoms with E-state index in [1.54, 1.807) is 13.4 Å². The number of oxazole rings is 1. The second kappa shape index (κ2) is 4.98. The molecule has 0 saturated carbocycles. The Balaban J connectivity index is 1.92. The van der Waals surface area contributed by atoms with Crippen molar-refractivity contribution >= 4 is 0 Å². The average molecular weight is 251 g/mol. The van der Waals surface area contributed by atoms with Gasteiger partial charge in [-0.25, -0.2) is 4.98 Å². The first kappa shape index (κ1) is 11.5. The molecule has 3 rings (SSSR count). The van der Waals surface area contributed by atoms with Crippen molar-refractivity contribution in [3.8, 4) is 28.5 Å². The van der Waals surface area contributed by atoms with Crippen LogP contribution in [-0.4, -0.2) is 12.1 Å². The number of aromatic nitrogens is 1. The number of rotatable bonds is 3. The Hall–Kier alpha value is -2.55. The molecule has 0 spiro atoms. The van der Waals surface area contributed by atoms with Gasteiger partial charge in [-0.05, 0) is 24.3 Å². The lowest BCUT2D eigenvalue weighted by Gasteiger charge is -1.99. The summed E-state index contributed by atoms with van der Waals surface area (Å²) in [4.78, 5) is 4.50. The van der Waals surface area contributed by atoms with Crippen LogP contribution in [0, 0.1) is 0 Å². The van der Waals surface area contributed by atoms with Crippen LogP contribution in [0.1, 0.15) is 0 Å². The molecule has 94 valence electrons. The third kappa shape index (κ3) is 2.36. The Morgan fingerprint density at radius 3 is 2.32 bits per heavy atom. The predicted octanol–water partition coefficient (Wildman–Crippen LogP) is 4.02. The summed E-state index contributed by atoms with van der Waals surface area (Å²) in [5, 5.41) is 0. The molecule has 1 heterocycles. The SMILES string of the molecule is COc1ccc(-c2nc(-c3ccccc3)co2)cc1. The van der Waals surface area contributed by atoms with Crippen molar-refractivity contribution in [2.75, 3.05) is 7.11 Å². The van der Waals surface area contributed by atoms with Crippen molar-refractivity contribution in [1.29, 1.82) is 0 Å². The second-order valence-electron chi connectivity index (χ2n) is 4.13. The summed E-state index contributed by atoms with van der Waals surface area (Å²) >= 11 is 0. The fourth-order valence-corrected chi connectivity index (χ4v) is 1.88. The van der Waals surface area contributed by atoms with Crippen LogP contribution in [0.15, 0.2) is 65.3 Å². The molecule has 0 fully saturated rings. The molecule has 0 bridgehead atoms. The van der Waals surface area contributed by atoms with Gasteiger partial charge in [-0.3, -0.25) is 0 Å². The Labute approximate surface area is 111 Å². The van der Waals surface area contributed by atoms with Gasteiger partial charge in [0.25, 0.3) is 0 Å². The lowest BCUT2D eigenvalue weighted by molar-refractivity contribution is 0.415. The molecule has 0 unspecified atom stereocenters. The summed E-state index contributed by atoms with van der Waals surface area (Å²) in [6.45, 7) is 0. The van der Waals surface area contributed by atoms with Crippen LogP contribution in [0.4, 0.5) is 0 Å². The molecule has 0 N–H and O–H groups in total. The lowest BCUT2D eigenvalue weighted by Crippen LogP contribution is -1.83. The third-order valence-corrected chi connectivity index (χ3v) is 2.91. The highest BCUT2D eigenvalue weighted by molar-refractivity contribution is 5.62. The van der Waals surface area contributed by atoms with Crippen LogP contribution >= 0.6 is 0 Å². The maximum atomic E-state index is 5.53. The average Bonchev–Trinajstić information content (AvgIpc) is 2.98. The summed E-state index contributed by atoms with van der Waals surface area (Å²) in [5.74, 6) is 1.43. The van der Waals surface area contributed by atoms with Crippen LogP contribution in [-0.2, 0) is 0 Å². The fraction of sp³-hybridized carbons (Fsp3) is 0.0625. The first-order chi connectivity index (χ1) is 9.36. The molecule has 0 atom stereocenters. The van der Waals surface area contributed by atoms with Gasteiger partial charge in [0, 0.05) is 11.1 Å². The quantitative estimate of drug-likeness (QED) is 0.705. The van der Waals surface area contributed by atoms with Gasteiger partial charge < -0.3 is 9.15 Å². The van der Waals surface area contributed by atoms with Crippen LogP contribution in [0.2, 0.25) is 0 Å². The Morgan fingerprint density at radius 2 is 1.63 bits per heavy atom. The van der Waals surface area contributed by atoms with E-state index in [-0.39, 0.29) is 0 Å². The highest BCUT2D eigenvalue weighted by Crippen LogP contribution is 2.25. The van der Waals surface area contributed by atoms with Gasteiger partial charge in [0.1, 0.15) is 17.7 Å². The summed E-state index contributed by atoms with van der Waals surface area (Å²) in [6.07, 6.45) is 1.68. The van der Waals surface area contributed by atoms with E-state index < -0.39 is 0 Å². The molecule has 3 aromatic rings. The van der Waals surface area contributed by atoms with Gasteiger partial charge in [-0.15, -0.1) is 0 Å². The summed E-state index contributed by atoms with van der Waals surface area (Å²) in [5.41, 5.74) is 2.82. The van der Waals surface area contributed by atoms with Crippen molar-refractivity contribution in [1.82, 2.24) is 4.98 Å². The smallest absolute Gasteiger partial charge is 0.226 e. The van der Waals surface area contributed by atoms with E-state index in [1.807, 2.05) is 54.6 Å². The molecule has 0 aliphatic rings. The Morgan fingerprint density at radius 1 is 0.895 bits per heavy atom. The summed E-state index contributed by atoms with van der Waals surface area (Å²) < 4.78 is 10.7. The van der Waals surface area contributed by atoms with Crippen LogP contribution in [0.5, 0.6) is 5.75 Å². The highest BCUT2D eigenvalue weighted by Gasteiger charge is 2.08. The normalized spacial score (nSPS) is 10.4. The Bertz CT molecular complexity index is 657. The molecule has 3 heteroatoms. The van der Waals surface area contributed by atoms with Gasteiger partial charge in [0.05, 0.1) is 7.11 Å². The van der Waals surface area contributed by atoms with Gasteiger partial charge >= 0.3 is 0 Å². The van der Waals surface area contributed by atoms with Crippen molar-refractivity contribution in [2.45, 2.75) is 0 Å². The van der Waals surface area contributed by atoms with Crippen molar-refractivity contribution in [2.24, 2.45) is 0 Å². The monoisotopic (exact) mass is 251 g/mol. The van der Waals surface area contributed by atoms with E-state index in [0.717, 1.165) is 22.6 Å². The molecule has 2 aromatic carbocycles. The maximum Gasteiger partial charge on any atom is 0.226 e. The molecule has 0 aliphatic heterocycles. The maximum absolute atomic E-state index is 5.53. The standard InChI is InChI=1S/C16H13NO2/c1-18-14-9-7-13(8-10-14)16-17-15(11-19-16)12-5-3-2-4-6-12/h2-11H,1H3. The van der Waals surface area contributed by atoms with Crippen LogP contribution in [0.25, 0.3) is 22.7 Å². The van der Waals surface area contributed by atoms with Crippen LogP contribution in [0.3, 0.4) is 0 Å². The molecule has 19 heavy (non-hydrogen) atoms. The molecule has 0 radical (unpaired) electrons. The van der Waals surface area contributed by atoms with E-state index in [9.17, 15) is 0 Å². The number of benzene rings is 2. The van der Waals surface area contributed by atoms with Crippen molar-refractivity contribution in [3.63, 3.8) is 0 Å². The first-order valence-corrected chi connectivity index (χ1v) is 6.02. The van der Waals surface area contributed by atoms with Gasteiger partial charge in [-0.2, -0.15) is 0 Å². The number of hydrogen-bond donors (Lipinski definition) is 0. The van der Waals surface area contributed by atoms with Crippen molar-refractivity contribution < 1.29 is 9.15 Å². The summed E-state index contributed by atoms with van der Waals surface area (Å²) in [6, 6.07) is 17.6. The van der Waals surface area contributed by atoms with Crippen LogP contribution < -0.4 is 4.74 Å². The zero-order valence-corrected chi connectivity index (χ0v) is 10.5. The van der Waals surface area contributed by atoms with Gasteiger partial charge in [0.2, 0.25) is 5.89 Å². The van der Waals surface area contributed by atoms with E-state index in [1.165, 1.54) is 0 Å². The highest BCUT2D eigenvalue weighted by atomic mass is 16.5. The van der Waals surface area contributed by atoms with E-state index in [2.05, 4.69) is 4.98 Å².